The SMILES string of the molecule is COc1cccc(C2C(c3ccccc3)CCN2C(=O)Nc2cccnc2-n2cncn2)c1. The Balaban J connectivity index is 1.48. The van der Waals surface area contributed by atoms with Gasteiger partial charge in [0.05, 0.1) is 18.8 Å². The van der Waals surface area contributed by atoms with Crippen LogP contribution < -0.4 is 10.1 Å². The Labute approximate surface area is 191 Å². The van der Waals surface area contributed by atoms with Gasteiger partial charge in [0.2, 0.25) is 0 Å². The van der Waals surface area contributed by atoms with Gasteiger partial charge in [0.15, 0.2) is 5.82 Å². The minimum atomic E-state index is -0.185. The first-order chi connectivity index (χ1) is 16.2. The van der Waals surface area contributed by atoms with Crippen molar-refractivity contribution in [1.29, 1.82) is 0 Å². The largest absolute Gasteiger partial charge is 0.497 e. The van der Waals surface area contributed by atoms with Crippen LogP contribution in [-0.2, 0) is 0 Å². The normalized spacial score (nSPS) is 17.7. The van der Waals surface area contributed by atoms with Crippen LogP contribution in [-0.4, -0.2) is 44.3 Å². The molecule has 1 aliphatic heterocycles. The zero-order chi connectivity index (χ0) is 22.6. The van der Waals surface area contributed by atoms with Gasteiger partial charge < -0.3 is 15.0 Å². The van der Waals surface area contributed by atoms with Crippen molar-refractivity contribution in [3.8, 4) is 11.6 Å². The molecule has 8 nitrogen and oxygen atoms in total. The van der Waals surface area contributed by atoms with E-state index in [1.807, 2.05) is 47.4 Å². The summed E-state index contributed by atoms with van der Waals surface area (Å²) in [5.74, 6) is 1.46. The van der Waals surface area contributed by atoms with E-state index in [0.717, 1.165) is 17.7 Å². The van der Waals surface area contributed by atoms with Crippen LogP contribution >= 0.6 is 0 Å². The summed E-state index contributed by atoms with van der Waals surface area (Å²) in [7, 11) is 1.65. The Morgan fingerprint density at radius 1 is 1.06 bits per heavy atom. The number of likely N-dealkylation sites (tertiary alicyclic amines) is 1. The van der Waals surface area contributed by atoms with Crippen molar-refractivity contribution in [2.24, 2.45) is 0 Å². The van der Waals surface area contributed by atoms with Crippen LogP contribution in [0.1, 0.15) is 29.5 Å². The van der Waals surface area contributed by atoms with Crippen molar-refractivity contribution in [3.63, 3.8) is 0 Å². The molecule has 5 rings (SSSR count). The molecular formula is C25H24N6O2. The summed E-state index contributed by atoms with van der Waals surface area (Å²) < 4.78 is 6.99. The molecule has 4 aromatic rings. The molecule has 0 radical (unpaired) electrons. The molecule has 2 atom stereocenters. The highest BCUT2D eigenvalue weighted by atomic mass is 16.5. The second-order valence-corrected chi connectivity index (χ2v) is 7.87. The lowest BCUT2D eigenvalue weighted by molar-refractivity contribution is 0.204. The Kier molecular flexibility index (Phi) is 5.72. The van der Waals surface area contributed by atoms with Gasteiger partial charge in [-0.1, -0.05) is 42.5 Å². The number of hydrogen-bond acceptors (Lipinski definition) is 5. The maximum absolute atomic E-state index is 13.6. The summed E-state index contributed by atoms with van der Waals surface area (Å²) in [6.07, 6.45) is 5.51. The fourth-order valence-corrected chi connectivity index (χ4v) is 4.49. The first-order valence-corrected chi connectivity index (χ1v) is 10.8. The lowest BCUT2D eigenvalue weighted by Gasteiger charge is -2.29. The highest BCUT2D eigenvalue weighted by molar-refractivity contribution is 5.91. The highest BCUT2D eigenvalue weighted by Crippen LogP contribution is 2.44. The molecule has 0 aliphatic carbocycles. The summed E-state index contributed by atoms with van der Waals surface area (Å²) in [5.41, 5.74) is 2.82. The molecule has 1 fully saturated rings. The number of nitrogens with zero attached hydrogens (tertiary/aromatic N) is 5. The summed E-state index contributed by atoms with van der Waals surface area (Å²) in [5, 5.41) is 7.20. The number of rotatable bonds is 5. The van der Waals surface area contributed by atoms with Crippen molar-refractivity contribution in [1.82, 2.24) is 24.6 Å². The Morgan fingerprint density at radius 3 is 2.70 bits per heavy atom. The number of carbonyl (C=O) groups is 1. The van der Waals surface area contributed by atoms with Crippen molar-refractivity contribution >= 4 is 11.7 Å². The monoisotopic (exact) mass is 440 g/mol. The van der Waals surface area contributed by atoms with Crippen molar-refractivity contribution in [3.05, 3.63) is 96.7 Å². The molecule has 0 bridgehead atoms. The van der Waals surface area contributed by atoms with Gasteiger partial charge >= 0.3 is 6.03 Å². The number of ether oxygens (including phenoxy) is 1. The first kappa shape index (κ1) is 20.7. The fourth-order valence-electron chi connectivity index (χ4n) is 4.49. The summed E-state index contributed by atoms with van der Waals surface area (Å²) in [4.78, 5) is 23.8. The lowest BCUT2D eigenvalue weighted by Crippen LogP contribution is -2.35. The Bertz CT molecular complexity index is 1230. The standard InChI is InChI=1S/C25H24N6O2/c1-33-20-10-5-9-19(15-20)23-21(18-7-3-2-4-8-18)12-14-30(23)25(32)29-22-11-6-13-27-24(22)31-17-26-16-28-31/h2-11,13,15-17,21,23H,12,14H2,1H3,(H,29,32). The van der Waals surface area contributed by atoms with Gasteiger partial charge in [-0.15, -0.1) is 0 Å². The summed E-state index contributed by atoms with van der Waals surface area (Å²) in [6, 6.07) is 21.6. The Morgan fingerprint density at radius 2 is 1.91 bits per heavy atom. The van der Waals surface area contributed by atoms with Crippen LogP contribution in [0.4, 0.5) is 10.5 Å². The fraction of sp³-hybridized carbons (Fsp3) is 0.200. The van der Waals surface area contributed by atoms with E-state index in [9.17, 15) is 4.79 Å². The molecule has 1 N–H and O–H groups in total. The van der Waals surface area contributed by atoms with Gasteiger partial charge in [-0.05, 0) is 41.8 Å². The smallest absolute Gasteiger partial charge is 0.322 e. The molecule has 0 spiro atoms. The Hall–Kier alpha value is -4.20. The van der Waals surface area contributed by atoms with Gasteiger partial charge in [-0.25, -0.2) is 19.4 Å². The third-order valence-electron chi connectivity index (χ3n) is 5.99. The van der Waals surface area contributed by atoms with Gasteiger partial charge in [-0.3, -0.25) is 0 Å². The molecule has 2 aromatic carbocycles. The minimum absolute atomic E-state index is 0.131. The van der Waals surface area contributed by atoms with Crippen LogP contribution in [0.2, 0.25) is 0 Å². The molecule has 2 unspecified atom stereocenters. The second-order valence-electron chi connectivity index (χ2n) is 7.87. The predicted molar refractivity (Wildman–Crippen MR) is 124 cm³/mol. The first-order valence-electron chi connectivity index (χ1n) is 10.8. The maximum atomic E-state index is 13.6. The van der Waals surface area contributed by atoms with E-state index in [4.69, 9.17) is 4.74 Å². The number of nitrogens with one attached hydrogen (secondary N) is 1. The molecule has 3 heterocycles. The number of hydrogen-bond donors (Lipinski definition) is 1. The molecule has 2 amide bonds. The minimum Gasteiger partial charge on any atom is -0.497 e. The molecule has 0 saturated carbocycles. The van der Waals surface area contributed by atoms with E-state index in [0.29, 0.717) is 18.1 Å². The van der Waals surface area contributed by atoms with Gasteiger partial charge in [0.25, 0.3) is 0 Å². The van der Waals surface area contributed by atoms with E-state index >= 15 is 0 Å². The van der Waals surface area contributed by atoms with Crippen molar-refractivity contribution < 1.29 is 9.53 Å². The third kappa shape index (κ3) is 4.15. The number of urea groups is 1. The van der Waals surface area contributed by atoms with Crippen LogP contribution in [0.3, 0.4) is 0 Å². The summed E-state index contributed by atoms with van der Waals surface area (Å²) in [6.45, 7) is 0.631. The summed E-state index contributed by atoms with van der Waals surface area (Å²) >= 11 is 0. The molecule has 8 heteroatoms. The topological polar surface area (TPSA) is 85.2 Å². The van der Waals surface area contributed by atoms with E-state index < -0.39 is 0 Å². The number of carbonyl (C=O) groups excluding carboxylic acids is 1. The molecule has 1 aliphatic rings. The number of amides is 2. The van der Waals surface area contributed by atoms with Crippen LogP contribution in [0, 0.1) is 0 Å². The van der Waals surface area contributed by atoms with E-state index in [1.54, 1.807) is 25.7 Å². The maximum Gasteiger partial charge on any atom is 0.322 e. The van der Waals surface area contributed by atoms with Crippen molar-refractivity contribution in [2.45, 2.75) is 18.4 Å². The number of anilines is 1. The molecular weight excluding hydrogens is 416 g/mol. The molecule has 33 heavy (non-hydrogen) atoms. The van der Waals surface area contributed by atoms with Gasteiger partial charge in [-0.2, -0.15) is 5.10 Å². The lowest BCUT2D eigenvalue weighted by atomic mass is 9.87. The molecule has 2 aromatic heterocycles. The average molecular weight is 441 g/mol. The zero-order valence-electron chi connectivity index (χ0n) is 18.2. The molecule has 166 valence electrons. The second kappa shape index (κ2) is 9.12. The van der Waals surface area contributed by atoms with E-state index in [-0.39, 0.29) is 18.0 Å². The highest BCUT2D eigenvalue weighted by Gasteiger charge is 2.39. The van der Waals surface area contributed by atoms with Gasteiger partial charge in [0, 0.05) is 18.7 Å². The number of benzene rings is 2. The van der Waals surface area contributed by atoms with Gasteiger partial charge in [0.1, 0.15) is 18.4 Å². The predicted octanol–water partition coefficient (Wildman–Crippen LogP) is 4.43. The van der Waals surface area contributed by atoms with Crippen LogP contribution in [0.25, 0.3) is 5.82 Å². The molecule has 1 saturated heterocycles. The zero-order valence-corrected chi connectivity index (χ0v) is 18.2. The van der Waals surface area contributed by atoms with Crippen LogP contribution in [0.5, 0.6) is 5.75 Å². The third-order valence-corrected chi connectivity index (χ3v) is 5.99. The average Bonchev–Trinajstić information content (AvgIpc) is 3.56. The number of pyridine rings is 1. The van der Waals surface area contributed by atoms with Crippen LogP contribution in [0.15, 0.2) is 85.6 Å². The number of methoxy groups -OCH3 is 1. The van der Waals surface area contributed by atoms with Crippen molar-refractivity contribution in [2.75, 3.05) is 19.0 Å². The quantitative estimate of drug-likeness (QED) is 0.496. The van der Waals surface area contributed by atoms with E-state index in [1.165, 1.54) is 16.6 Å². The number of aromatic nitrogens is 4. The van der Waals surface area contributed by atoms with E-state index in [2.05, 4.69) is 38.6 Å².